The lowest BCUT2D eigenvalue weighted by Gasteiger charge is -2.19. The molecule has 5 N–H and O–H groups in total. The molecule has 0 aliphatic rings. The van der Waals surface area contributed by atoms with Gasteiger partial charge in [0, 0.05) is 19.1 Å². The third-order valence-corrected chi connectivity index (χ3v) is 4.97. The highest BCUT2D eigenvalue weighted by Crippen LogP contribution is 2.10. The van der Waals surface area contributed by atoms with Crippen molar-refractivity contribution in [2.45, 2.75) is 64.5 Å². The maximum absolute atomic E-state index is 12.2. The average Bonchev–Trinajstić information content (AvgIpc) is 2.64. The standard InChI is InChI=1S/C18H31N3O7S/c1-3-4-5-6-9-29-11-14(17(26)19-10-16(24)25)21-15(23)8-7-13(18(27)28)20-12(2)22/h13-14H,3-11H2,1-2H3,(H,19,26)(H,20,22)(H,21,23)(H,24,25)(H,27,28). The number of carbonyl (C=O) groups excluding carboxylic acids is 3. The summed E-state index contributed by atoms with van der Waals surface area (Å²) in [6.07, 6.45) is 3.95. The van der Waals surface area contributed by atoms with Crippen molar-refractivity contribution in [3.8, 4) is 0 Å². The smallest absolute Gasteiger partial charge is 0.326 e. The molecule has 0 saturated heterocycles. The molecule has 0 aromatic carbocycles. The van der Waals surface area contributed by atoms with E-state index in [1.165, 1.54) is 18.7 Å². The molecule has 0 saturated carbocycles. The first-order valence-corrected chi connectivity index (χ1v) is 10.7. The zero-order valence-corrected chi connectivity index (χ0v) is 17.7. The normalized spacial score (nSPS) is 12.5. The lowest BCUT2D eigenvalue weighted by atomic mass is 10.1. The van der Waals surface area contributed by atoms with Crippen LogP contribution in [0.3, 0.4) is 0 Å². The maximum atomic E-state index is 12.2. The van der Waals surface area contributed by atoms with Gasteiger partial charge >= 0.3 is 11.9 Å². The first-order chi connectivity index (χ1) is 13.7. The molecule has 3 amide bonds. The topological polar surface area (TPSA) is 162 Å². The van der Waals surface area contributed by atoms with Crippen molar-refractivity contribution in [1.29, 1.82) is 0 Å². The predicted molar refractivity (Wildman–Crippen MR) is 109 cm³/mol. The Balaban J connectivity index is 4.66. The summed E-state index contributed by atoms with van der Waals surface area (Å²) in [7, 11) is 0. The zero-order chi connectivity index (χ0) is 22.2. The molecular weight excluding hydrogens is 402 g/mol. The lowest BCUT2D eigenvalue weighted by molar-refractivity contribution is -0.142. The molecule has 0 spiro atoms. The molecule has 2 unspecified atom stereocenters. The number of hydrogen-bond donors (Lipinski definition) is 5. The number of carbonyl (C=O) groups is 5. The van der Waals surface area contributed by atoms with Crippen molar-refractivity contribution in [3.05, 3.63) is 0 Å². The summed E-state index contributed by atoms with van der Waals surface area (Å²) in [4.78, 5) is 57.1. The summed E-state index contributed by atoms with van der Waals surface area (Å²) in [6.45, 7) is 2.72. The van der Waals surface area contributed by atoms with Crippen LogP contribution in [-0.4, -0.2) is 70.0 Å². The summed E-state index contributed by atoms with van der Waals surface area (Å²) in [5.74, 6) is -3.06. The highest BCUT2D eigenvalue weighted by molar-refractivity contribution is 7.99. The van der Waals surface area contributed by atoms with E-state index in [4.69, 9.17) is 10.2 Å². The van der Waals surface area contributed by atoms with Gasteiger partial charge in [0.25, 0.3) is 0 Å². The van der Waals surface area contributed by atoms with Gasteiger partial charge in [-0.1, -0.05) is 26.2 Å². The van der Waals surface area contributed by atoms with Crippen LogP contribution in [0.1, 0.15) is 52.4 Å². The van der Waals surface area contributed by atoms with Gasteiger partial charge in [0.05, 0.1) is 0 Å². The minimum atomic E-state index is -1.26. The van der Waals surface area contributed by atoms with Crippen molar-refractivity contribution in [3.63, 3.8) is 0 Å². The van der Waals surface area contributed by atoms with Crippen LogP contribution in [0.25, 0.3) is 0 Å². The number of carboxylic acid groups (broad SMARTS) is 2. The van der Waals surface area contributed by atoms with Gasteiger partial charge in [0.15, 0.2) is 0 Å². The SMILES string of the molecule is CCCCCCSCC(NC(=O)CCC(NC(C)=O)C(=O)O)C(=O)NCC(=O)O. The van der Waals surface area contributed by atoms with Gasteiger partial charge in [-0.05, 0) is 18.6 Å². The van der Waals surface area contributed by atoms with E-state index in [2.05, 4.69) is 22.9 Å². The summed E-state index contributed by atoms with van der Waals surface area (Å²) in [5, 5.41) is 24.8. The number of unbranched alkanes of at least 4 members (excludes halogenated alkanes) is 3. The average molecular weight is 434 g/mol. The fraction of sp³-hybridized carbons (Fsp3) is 0.722. The van der Waals surface area contributed by atoms with Gasteiger partial charge in [-0.15, -0.1) is 0 Å². The second kappa shape index (κ2) is 15.6. The van der Waals surface area contributed by atoms with Crippen LogP contribution in [0, 0.1) is 0 Å². The number of nitrogens with one attached hydrogen (secondary N) is 3. The summed E-state index contributed by atoms with van der Waals surface area (Å²) in [5.41, 5.74) is 0. The van der Waals surface area contributed by atoms with Crippen LogP contribution in [0.5, 0.6) is 0 Å². The van der Waals surface area contributed by atoms with E-state index in [0.29, 0.717) is 0 Å². The molecule has 11 heteroatoms. The van der Waals surface area contributed by atoms with E-state index < -0.39 is 48.3 Å². The van der Waals surface area contributed by atoms with E-state index in [-0.39, 0.29) is 18.6 Å². The summed E-state index contributed by atoms with van der Waals surface area (Å²) in [6, 6.07) is -2.13. The van der Waals surface area contributed by atoms with Crippen LogP contribution in [0.15, 0.2) is 0 Å². The first-order valence-electron chi connectivity index (χ1n) is 9.53. The number of amides is 3. The van der Waals surface area contributed by atoms with E-state index in [9.17, 15) is 24.0 Å². The van der Waals surface area contributed by atoms with Gasteiger partial charge in [0.1, 0.15) is 18.6 Å². The number of rotatable bonds is 16. The van der Waals surface area contributed by atoms with Crippen molar-refractivity contribution >= 4 is 41.4 Å². The van der Waals surface area contributed by atoms with E-state index in [1.807, 2.05) is 0 Å². The molecule has 166 valence electrons. The minimum absolute atomic E-state index is 0.131. The molecule has 2 atom stereocenters. The molecule has 0 aromatic heterocycles. The van der Waals surface area contributed by atoms with E-state index in [0.717, 1.165) is 31.4 Å². The van der Waals surface area contributed by atoms with Crippen LogP contribution >= 0.6 is 11.8 Å². The van der Waals surface area contributed by atoms with Gasteiger partial charge in [-0.25, -0.2) is 4.79 Å². The highest BCUT2D eigenvalue weighted by Gasteiger charge is 2.23. The number of aliphatic carboxylic acids is 2. The molecule has 10 nitrogen and oxygen atoms in total. The Morgan fingerprint density at radius 3 is 2.21 bits per heavy atom. The quantitative estimate of drug-likeness (QED) is 0.218. The zero-order valence-electron chi connectivity index (χ0n) is 16.9. The van der Waals surface area contributed by atoms with Crippen LogP contribution in [-0.2, 0) is 24.0 Å². The Bertz CT molecular complexity index is 572. The molecule has 29 heavy (non-hydrogen) atoms. The monoisotopic (exact) mass is 433 g/mol. The molecule has 0 rings (SSSR count). The van der Waals surface area contributed by atoms with Crippen molar-refractivity contribution < 1.29 is 34.2 Å². The highest BCUT2D eigenvalue weighted by atomic mass is 32.2. The molecule has 0 radical (unpaired) electrons. The van der Waals surface area contributed by atoms with Crippen LogP contribution in [0.2, 0.25) is 0 Å². The third kappa shape index (κ3) is 14.4. The first kappa shape index (κ1) is 26.7. The third-order valence-electron chi connectivity index (χ3n) is 3.83. The number of hydrogen-bond acceptors (Lipinski definition) is 6. The lowest BCUT2D eigenvalue weighted by Crippen LogP contribution is -2.49. The van der Waals surface area contributed by atoms with Crippen LogP contribution < -0.4 is 16.0 Å². The fourth-order valence-electron chi connectivity index (χ4n) is 2.35. The van der Waals surface area contributed by atoms with Gasteiger partial charge in [-0.2, -0.15) is 11.8 Å². The fourth-order valence-corrected chi connectivity index (χ4v) is 3.39. The van der Waals surface area contributed by atoms with Crippen LogP contribution in [0.4, 0.5) is 0 Å². The summed E-state index contributed by atoms with van der Waals surface area (Å²) >= 11 is 1.48. The molecule has 0 aliphatic heterocycles. The molecule has 0 bridgehead atoms. The minimum Gasteiger partial charge on any atom is -0.480 e. The molecule has 0 fully saturated rings. The number of carboxylic acids is 2. The second-order valence-corrected chi connectivity index (χ2v) is 7.65. The van der Waals surface area contributed by atoms with Gasteiger partial charge < -0.3 is 26.2 Å². The summed E-state index contributed by atoms with van der Waals surface area (Å²) < 4.78 is 0. The number of thioether (sulfide) groups is 1. The maximum Gasteiger partial charge on any atom is 0.326 e. The van der Waals surface area contributed by atoms with E-state index in [1.54, 1.807) is 0 Å². The van der Waals surface area contributed by atoms with Crippen molar-refractivity contribution in [2.75, 3.05) is 18.1 Å². The molecule has 0 aliphatic carbocycles. The predicted octanol–water partition coefficient (Wildman–Crippen LogP) is 0.355. The molecule has 0 aromatic rings. The Morgan fingerprint density at radius 1 is 0.966 bits per heavy atom. The molecule has 0 heterocycles. The van der Waals surface area contributed by atoms with Gasteiger partial charge in [0.2, 0.25) is 17.7 Å². The largest absolute Gasteiger partial charge is 0.480 e. The van der Waals surface area contributed by atoms with Crippen molar-refractivity contribution in [1.82, 2.24) is 16.0 Å². The Labute approximate surface area is 174 Å². The Kier molecular flexibility index (Phi) is 14.4. The van der Waals surface area contributed by atoms with E-state index >= 15 is 0 Å². The Hall–Kier alpha value is -2.30. The van der Waals surface area contributed by atoms with Gasteiger partial charge in [-0.3, -0.25) is 19.2 Å². The second-order valence-electron chi connectivity index (χ2n) is 6.50. The molecular formula is C18H31N3O7S. The van der Waals surface area contributed by atoms with Crippen molar-refractivity contribution in [2.24, 2.45) is 0 Å². The Morgan fingerprint density at radius 2 is 1.66 bits per heavy atom.